The predicted molar refractivity (Wildman–Crippen MR) is 64.1 cm³/mol. The van der Waals surface area contributed by atoms with Gasteiger partial charge in [-0.25, -0.2) is 0 Å². The van der Waals surface area contributed by atoms with Crippen LogP contribution in [0.15, 0.2) is 22.7 Å². The molecule has 0 spiro atoms. The minimum Gasteiger partial charge on any atom is -0.385 e. The molecule has 0 saturated carbocycles. The van der Waals surface area contributed by atoms with Crippen molar-refractivity contribution in [1.29, 1.82) is 0 Å². The van der Waals surface area contributed by atoms with E-state index in [2.05, 4.69) is 21.2 Å². The lowest BCUT2D eigenvalue weighted by atomic mass is 10.3. The Labute approximate surface area is 97.7 Å². The van der Waals surface area contributed by atoms with Crippen molar-refractivity contribution in [2.24, 2.45) is 0 Å². The topological polar surface area (TPSA) is 21.3 Å². The summed E-state index contributed by atoms with van der Waals surface area (Å²) in [5.41, 5.74) is 1.04. The Morgan fingerprint density at radius 3 is 2.93 bits per heavy atom. The fourth-order valence-corrected chi connectivity index (χ4v) is 1.48. The maximum absolute atomic E-state index is 5.94. The molecule has 78 valence electrons. The zero-order valence-corrected chi connectivity index (χ0v) is 10.4. The first-order valence-corrected chi connectivity index (χ1v) is 5.59. The van der Waals surface area contributed by atoms with Crippen molar-refractivity contribution in [3.63, 3.8) is 0 Å². The Hall–Kier alpha value is -0.250. The molecule has 14 heavy (non-hydrogen) atoms. The molecule has 0 saturated heterocycles. The minimum atomic E-state index is 0.724. The van der Waals surface area contributed by atoms with Gasteiger partial charge in [0.25, 0.3) is 0 Å². The van der Waals surface area contributed by atoms with E-state index >= 15 is 0 Å². The van der Waals surface area contributed by atoms with Gasteiger partial charge in [0.05, 0.1) is 5.02 Å². The minimum absolute atomic E-state index is 0.724. The van der Waals surface area contributed by atoms with Crippen LogP contribution in [0.25, 0.3) is 0 Å². The summed E-state index contributed by atoms with van der Waals surface area (Å²) in [5, 5.41) is 3.99. The van der Waals surface area contributed by atoms with Crippen LogP contribution >= 0.6 is 27.5 Å². The smallest absolute Gasteiger partial charge is 0.0568 e. The third-order valence-corrected chi connectivity index (χ3v) is 3.01. The molecule has 0 aromatic heterocycles. The Morgan fingerprint density at radius 1 is 1.50 bits per heavy atom. The summed E-state index contributed by atoms with van der Waals surface area (Å²) in [6.07, 6.45) is 0.990. The van der Waals surface area contributed by atoms with Crippen molar-refractivity contribution in [3.05, 3.63) is 27.7 Å². The monoisotopic (exact) mass is 277 g/mol. The van der Waals surface area contributed by atoms with Gasteiger partial charge in [-0.1, -0.05) is 11.6 Å². The number of hydrogen-bond acceptors (Lipinski definition) is 2. The molecule has 0 aliphatic rings. The normalized spacial score (nSPS) is 10.2. The summed E-state index contributed by atoms with van der Waals surface area (Å²) < 4.78 is 5.87. The van der Waals surface area contributed by atoms with E-state index in [9.17, 15) is 0 Å². The number of nitrogens with one attached hydrogen (secondary N) is 1. The van der Waals surface area contributed by atoms with E-state index in [4.69, 9.17) is 16.3 Å². The number of halogens is 2. The van der Waals surface area contributed by atoms with Crippen molar-refractivity contribution < 1.29 is 4.74 Å². The Balaban J connectivity index is 2.39. The van der Waals surface area contributed by atoms with Crippen LogP contribution < -0.4 is 5.32 Å². The Kier molecular flexibility index (Phi) is 5.30. The molecule has 1 rings (SSSR count). The van der Waals surface area contributed by atoms with Crippen molar-refractivity contribution in [1.82, 2.24) is 0 Å². The van der Waals surface area contributed by atoms with Crippen LogP contribution in [-0.4, -0.2) is 20.3 Å². The SMILES string of the molecule is COCCCNc1ccc(Br)c(Cl)c1. The third kappa shape index (κ3) is 3.86. The summed E-state index contributed by atoms with van der Waals surface area (Å²) in [5.74, 6) is 0. The van der Waals surface area contributed by atoms with Crippen LogP contribution in [0.5, 0.6) is 0 Å². The number of anilines is 1. The number of benzene rings is 1. The molecule has 1 aromatic carbocycles. The zero-order chi connectivity index (χ0) is 10.4. The van der Waals surface area contributed by atoms with E-state index < -0.39 is 0 Å². The molecule has 0 amide bonds. The first-order chi connectivity index (χ1) is 6.74. The number of ether oxygens (including phenoxy) is 1. The highest BCUT2D eigenvalue weighted by molar-refractivity contribution is 9.10. The van der Waals surface area contributed by atoms with Crippen molar-refractivity contribution in [2.75, 3.05) is 25.6 Å². The molecule has 0 aliphatic heterocycles. The van der Waals surface area contributed by atoms with Gasteiger partial charge in [-0.3, -0.25) is 0 Å². The third-order valence-electron chi connectivity index (χ3n) is 1.77. The second-order valence-corrected chi connectivity index (χ2v) is 4.16. The van der Waals surface area contributed by atoms with Crippen LogP contribution in [0, 0.1) is 0 Å². The fraction of sp³-hybridized carbons (Fsp3) is 0.400. The van der Waals surface area contributed by atoms with E-state index in [0.29, 0.717) is 0 Å². The summed E-state index contributed by atoms with van der Waals surface area (Å²) in [6, 6.07) is 5.82. The Morgan fingerprint density at radius 2 is 2.29 bits per heavy atom. The van der Waals surface area contributed by atoms with Gasteiger partial charge in [0, 0.05) is 30.4 Å². The standard InChI is InChI=1S/C10H13BrClNO/c1-14-6-2-5-13-8-3-4-9(11)10(12)7-8/h3-4,7,13H,2,5-6H2,1H3. The largest absolute Gasteiger partial charge is 0.385 e. The van der Waals surface area contributed by atoms with E-state index in [0.717, 1.165) is 34.8 Å². The lowest BCUT2D eigenvalue weighted by Crippen LogP contribution is -2.04. The van der Waals surface area contributed by atoms with Gasteiger partial charge in [0.2, 0.25) is 0 Å². The highest BCUT2D eigenvalue weighted by Gasteiger charge is 1.97. The predicted octanol–water partition coefficient (Wildman–Crippen LogP) is 3.55. The van der Waals surface area contributed by atoms with Crippen LogP contribution in [0.4, 0.5) is 5.69 Å². The van der Waals surface area contributed by atoms with Gasteiger partial charge in [0.1, 0.15) is 0 Å². The molecule has 1 aromatic rings. The van der Waals surface area contributed by atoms with E-state index in [1.54, 1.807) is 7.11 Å². The first-order valence-electron chi connectivity index (χ1n) is 4.42. The second-order valence-electron chi connectivity index (χ2n) is 2.90. The molecule has 0 radical (unpaired) electrons. The van der Waals surface area contributed by atoms with Crippen LogP contribution in [0.3, 0.4) is 0 Å². The molecule has 0 aliphatic carbocycles. The fourth-order valence-electron chi connectivity index (χ4n) is 1.06. The van der Waals surface area contributed by atoms with Gasteiger partial charge >= 0.3 is 0 Å². The number of hydrogen-bond donors (Lipinski definition) is 1. The average Bonchev–Trinajstić information content (AvgIpc) is 2.18. The molecule has 0 heterocycles. The average molecular weight is 279 g/mol. The highest BCUT2D eigenvalue weighted by Crippen LogP contribution is 2.25. The van der Waals surface area contributed by atoms with Gasteiger partial charge in [0.15, 0.2) is 0 Å². The zero-order valence-electron chi connectivity index (χ0n) is 8.02. The van der Waals surface area contributed by atoms with Crippen LogP contribution in [-0.2, 0) is 4.74 Å². The maximum atomic E-state index is 5.94. The van der Waals surface area contributed by atoms with E-state index in [1.807, 2.05) is 18.2 Å². The molecule has 0 atom stereocenters. The van der Waals surface area contributed by atoms with E-state index in [-0.39, 0.29) is 0 Å². The van der Waals surface area contributed by atoms with Crippen molar-refractivity contribution >= 4 is 33.2 Å². The van der Waals surface area contributed by atoms with Gasteiger partial charge in [-0.05, 0) is 40.5 Å². The summed E-state index contributed by atoms with van der Waals surface area (Å²) >= 11 is 9.29. The van der Waals surface area contributed by atoms with Crippen LogP contribution in [0.1, 0.15) is 6.42 Å². The quantitative estimate of drug-likeness (QED) is 0.832. The summed E-state index contributed by atoms with van der Waals surface area (Å²) in [7, 11) is 1.70. The molecule has 2 nitrogen and oxygen atoms in total. The molecule has 0 bridgehead atoms. The molecule has 0 unspecified atom stereocenters. The van der Waals surface area contributed by atoms with Gasteiger partial charge < -0.3 is 10.1 Å². The Bertz CT molecular complexity index is 293. The summed E-state index contributed by atoms with van der Waals surface area (Å²) in [6.45, 7) is 1.67. The highest BCUT2D eigenvalue weighted by atomic mass is 79.9. The van der Waals surface area contributed by atoms with Crippen molar-refractivity contribution in [3.8, 4) is 0 Å². The lowest BCUT2D eigenvalue weighted by Gasteiger charge is -2.06. The molecule has 4 heteroatoms. The van der Waals surface area contributed by atoms with Crippen molar-refractivity contribution in [2.45, 2.75) is 6.42 Å². The molecule has 1 N–H and O–H groups in total. The second kappa shape index (κ2) is 6.27. The van der Waals surface area contributed by atoms with Gasteiger partial charge in [-0.15, -0.1) is 0 Å². The number of rotatable bonds is 5. The van der Waals surface area contributed by atoms with Gasteiger partial charge in [-0.2, -0.15) is 0 Å². The number of methoxy groups -OCH3 is 1. The first kappa shape index (κ1) is 11.8. The molecular formula is C10H13BrClNO. The summed E-state index contributed by atoms with van der Waals surface area (Å²) in [4.78, 5) is 0. The van der Waals surface area contributed by atoms with Crippen LogP contribution in [0.2, 0.25) is 5.02 Å². The molecular weight excluding hydrogens is 265 g/mol. The van der Waals surface area contributed by atoms with E-state index in [1.165, 1.54) is 0 Å². The molecule has 0 fully saturated rings. The maximum Gasteiger partial charge on any atom is 0.0568 e. The lowest BCUT2D eigenvalue weighted by molar-refractivity contribution is 0.198.